The molecule has 3 rings (SSSR count). The van der Waals surface area contributed by atoms with Gasteiger partial charge >= 0.3 is 0 Å². The highest BCUT2D eigenvalue weighted by Crippen LogP contribution is 2.58. The van der Waals surface area contributed by atoms with Crippen LogP contribution in [-0.4, -0.2) is 16.5 Å². The summed E-state index contributed by atoms with van der Waals surface area (Å²) >= 11 is 1.94. The van der Waals surface area contributed by atoms with Gasteiger partial charge in [-0.1, -0.05) is 13.8 Å². The van der Waals surface area contributed by atoms with Crippen LogP contribution in [0.1, 0.15) is 50.2 Å². The van der Waals surface area contributed by atoms with Crippen LogP contribution in [-0.2, 0) is 11.5 Å². The van der Waals surface area contributed by atoms with Gasteiger partial charge in [-0.05, 0) is 18.8 Å². The Labute approximate surface area is 107 Å². The molecule has 0 radical (unpaired) electrons. The molecule has 1 aromatic heterocycles. The Balaban J connectivity index is 1.98. The van der Waals surface area contributed by atoms with E-state index in [1.165, 1.54) is 17.7 Å². The van der Waals surface area contributed by atoms with Gasteiger partial charge in [0.1, 0.15) is 11.6 Å². The smallest absolute Gasteiger partial charge is 0.134 e. The predicted molar refractivity (Wildman–Crippen MR) is 72.3 cm³/mol. The van der Waals surface area contributed by atoms with Gasteiger partial charge in [-0.15, -0.1) is 0 Å². The average Bonchev–Trinajstić information content (AvgIpc) is 2.74. The molecular weight excluding hydrogens is 230 g/mol. The van der Waals surface area contributed by atoms with Crippen LogP contribution in [0.4, 0.5) is 5.82 Å². The third-order valence-corrected chi connectivity index (χ3v) is 4.73. The monoisotopic (exact) mass is 249 g/mol. The Morgan fingerprint density at radius 1 is 1.35 bits per heavy atom. The third kappa shape index (κ3) is 1.92. The van der Waals surface area contributed by atoms with Crippen LogP contribution in [0, 0.1) is 5.41 Å². The Morgan fingerprint density at radius 3 is 2.76 bits per heavy atom. The summed E-state index contributed by atoms with van der Waals surface area (Å²) in [5.74, 6) is 4.82. The zero-order chi connectivity index (χ0) is 12.0. The van der Waals surface area contributed by atoms with Gasteiger partial charge in [0.25, 0.3) is 0 Å². The number of fused-ring (bicyclic) bond motifs is 1. The molecule has 17 heavy (non-hydrogen) atoms. The molecule has 2 aliphatic rings. The molecule has 0 amide bonds. The zero-order valence-electron chi connectivity index (χ0n) is 10.7. The number of thioether (sulfide) groups is 1. The summed E-state index contributed by atoms with van der Waals surface area (Å²) in [6.45, 7) is 7.66. The van der Waals surface area contributed by atoms with Gasteiger partial charge in [0, 0.05) is 29.5 Å². The minimum absolute atomic E-state index is 0.406. The van der Waals surface area contributed by atoms with Crippen LogP contribution in [0.2, 0.25) is 0 Å². The molecular formula is C13H19N3S. The third-order valence-electron chi connectivity index (χ3n) is 3.76. The van der Waals surface area contributed by atoms with E-state index in [-0.39, 0.29) is 0 Å². The molecule has 1 unspecified atom stereocenters. The van der Waals surface area contributed by atoms with Crippen molar-refractivity contribution in [3.05, 3.63) is 17.1 Å². The van der Waals surface area contributed by atoms with Gasteiger partial charge in [-0.2, -0.15) is 11.8 Å². The van der Waals surface area contributed by atoms with Crippen molar-refractivity contribution < 1.29 is 0 Å². The van der Waals surface area contributed by atoms with Gasteiger partial charge in [-0.25, -0.2) is 9.97 Å². The van der Waals surface area contributed by atoms with Crippen molar-refractivity contribution in [1.29, 1.82) is 0 Å². The van der Waals surface area contributed by atoms with Gasteiger partial charge in [-0.3, -0.25) is 0 Å². The van der Waals surface area contributed by atoms with E-state index in [2.05, 4.69) is 26.1 Å². The van der Waals surface area contributed by atoms with E-state index in [0.717, 1.165) is 29.7 Å². The van der Waals surface area contributed by atoms with E-state index in [1.807, 2.05) is 11.8 Å². The second kappa shape index (κ2) is 3.87. The largest absolute Gasteiger partial charge is 0.370 e. The summed E-state index contributed by atoms with van der Waals surface area (Å²) in [4.78, 5) is 9.54. The van der Waals surface area contributed by atoms with Crippen molar-refractivity contribution >= 4 is 17.6 Å². The van der Waals surface area contributed by atoms with Crippen LogP contribution >= 0.6 is 11.8 Å². The number of hydrogen-bond donors (Lipinski definition) is 1. The number of hydrogen-bond acceptors (Lipinski definition) is 4. The highest BCUT2D eigenvalue weighted by molar-refractivity contribution is 7.98. The van der Waals surface area contributed by atoms with Gasteiger partial charge in [0.15, 0.2) is 0 Å². The maximum Gasteiger partial charge on any atom is 0.134 e. The fraction of sp³-hybridized carbons (Fsp3) is 0.692. The molecule has 1 aromatic rings. The second-order valence-electron chi connectivity index (χ2n) is 5.62. The standard InChI is InChI=1S/C13H19N3S/c1-4-14-11-8-6-17-7-10(8)15-12(16-11)9-5-13(9,2)3/h9H,4-7H2,1-3H3,(H,14,15,16). The molecule has 0 aromatic carbocycles. The molecule has 1 N–H and O–H groups in total. The van der Waals surface area contributed by atoms with Crippen molar-refractivity contribution in [1.82, 2.24) is 9.97 Å². The fourth-order valence-electron chi connectivity index (χ4n) is 2.45. The molecule has 0 saturated heterocycles. The first-order chi connectivity index (χ1) is 8.12. The fourth-order valence-corrected chi connectivity index (χ4v) is 3.49. The number of aromatic nitrogens is 2. The van der Waals surface area contributed by atoms with Crippen molar-refractivity contribution in [2.75, 3.05) is 11.9 Å². The Kier molecular flexibility index (Phi) is 2.58. The summed E-state index contributed by atoms with van der Waals surface area (Å²) < 4.78 is 0. The molecule has 0 spiro atoms. The highest BCUT2D eigenvalue weighted by atomic mass is 32.2. The lowest BCUT2D eigenvalue weighted by Crippen LogP contribution is -2.09. The Bertz CT molecular complexity index is 456. The number of nitrogens with one attached hydrogen (secondary N) is 1. The van der Waals surface area contributed by atoms with E-state index in [1.54, 1.807) is 0 Å². The quantitative estimate of drug-likeness (QED) is 0.893. The summed E-state index contributed by atoms with van der Waals surface area (Å²) in [6.07, 6.45) is 1.23. The minimum Gasteiger partial charge on any atom is -0.370 e. The lowest BCUT2D eigenvalue weighted by atomic mass is 10.1. The van der Waals surface area contributed by atoms with E-state index < -0.39 is 0 Å². The number of rotatable bonds is 3. The molecule has 1 fully saturated rings. The van der Waals surface area contributed by atoms with E-state index in [4.69, 9.17) is 9.97 Å². The molecule has 1 aliphatic heterocycles. The van der Waals surface area contributed by atoms with E-state index in [0.29, 0.717) is 11.3 Å². The first-order valence-electron chi connectivity index (χ1n) is 6.33. The molecule has 92 valence electrons. The predicted octanol–water partition coefficient (Wildman–Crippen LogP) is 3.17. The Hall–Kier alpha value is -0.770. The molecule has 1 aliphatic carbocycles. The number of anilines is 1. The summed E-state index contributed by atoms with van der Waals surface area (Å²) in [6, 6.07) is 0. The topological polar surface area (TPSA) is 37.8 Å². The van der Waals surface area contributed by atoms with Gasteiger partial charge in [0.2, 0.25) is 0 Å². The van der Waals surface area contributed by atoms with Crippen LogP contribution in [0.15, 0.2) is 0 Å². The van der Waals surface area contributed by atoms with Crippen LogP contribution in [0.3, 0.4) is 0 Å². The second-order valence-corrected chi connectivity index (χ2v) is 6.61. The minimum atomic E-state index is 0.406. The molecule has 2 heterocycles. The van der Waals surface area contributed by atoms with Crippen LogP contribution in [0.25, 0.3) is 0 Å². The van der Waals surface area contributed by atoms with Crippen molar-refractivity contribution in [3.8, 4) is 0 Å². The highest BCUT2D eigenvalue weighted by Gasteiger charge is 2.49. The summed E-state index contributed by atoms with van der Waals surface area (Å²) in [5, 5.41) is 3.39. The van der Waals surface area contributed by atoms with Crippen molar-refractivity contribution in [2.24, 2.45) is 5.41 Å². The molecule has 1 atom stereocenters. The molecule has 1 saturated carbocycles. The molecule has 0 bridgehead atoms. The van der Waals surface area contributed by atoms with E-state index in [9.17, 15) is 0 Å². The maximum atomic E-state index is 4.78. The Morgan fingerprint density at radius 2 is 2.12 bits per heavy atom. The molecule has 3 nitrogen and oxygen atoms in total. The molecule has 4 heteroatoms. The first-order valence-corrected chi connectivity index (χ1v) is 7.48. The van der Waals surface area contributed by atoms with Crippen LogP contribution in [0.5, 0.6) is 0 Å². The van der Waals surface area contributed by atoms with Gasteiger partial charge in [0.05, 0.1) is 5.69 Å². The lowest BCUT2D eigenvalue weighted by molar-refractivity contribution is 0.607. The van der Waals surface area contributed by atoms with E-state index >= 15 is 0 Å². The summed E-state index contributed by atoms with van der Waals surface area (Å²) in [5.41, 5.74) is 3.00. The summed E-state index contributed by atoms with van der Waals surface area (Å²) in [7, 11) is 0. The average molecular weight is 249 g/mol. The normalized spacial score (nSPS) is 24.5. The lowest BCUT2D eigenvalue weighted by Gasteiger charge is -2.11. The first kappa shape index (κ1) is 11.3. The SMILES string of the molecule is CCNc1nc(C2CC2(C)C)nc2c1CSC2. The van der Waals surface area contributed by atoms with Crippen molar-refractivity contribution in [2.45, 2.75) is 44.6 Å². The maximum absolute atomic E-state index is 4.78. The van der Waals surface area contributed by atoms with Crippen LogP contribution < -0.4 is 5.32 Å². The van der Waals surface area contributed by atoms with Gasteiger partial charge < -0.3 is 5.32 Å². The van der Waals surface area contributed by atoms with Crippen molar-refractivity contribution in [3.63, 3.8) is 0 Å². The zero-order valence-corrected chi connectivity index (χ0v) is 11.5. The number of nitrogens with zero attached hydrogens (tertiary/aromatic N) is 2.